The van der Waals surface area contributed by atoms with E-state index in [1.807, 2.05) is 0 Å². The van der Waals surface area contributed by atoms with Crippen LogP contribution in [-0.2, 0) is 11.0 Å². The van der Waals surface area contributed by atoms with E-state index in [9.17, 15) is 18.0 Å². The Morgan fingerprint density at radius 3 is 2.67 bits per heavy atom. The summed E-state index contributed by atoms with van der Waals surface area (Å²) in [7, 11) is 0. The lowest BCUT2D eigenvalue weighted by Gasteiger charge is -2.14. The fourth-order valence-corrected chi connectivity index (χ4v) is 1.86. The number of aromatic nitrogens is 3. The van der Waals surface area contributed by atoms with Crippen molar-refractivity contribution in [3.8, 4) is 0 Å². The molecule has 128 valence electrons. The molecule has 1 amide bonds. The molecule has 0 saturated heterocycles. The maximum atomic E-state index is 12.7. The van der Waals surface area contributed by atoms with Crippen LogP contribution in [0.4, 0.5) is 30.5 Å². The maximum Gasteiger partial charge on any atom is 0.433 e. The Morgan fingerprint density at radius 1 is 1.33 bits per heavy atom. The molecule has 10 heteroatoms. The number of nitrogens with zero attached hydrogens (tertiary/aromatic N) is 3. The fraction of sp³-hybridized carbons (Fsp3) is 0.286. The number of carbonyl (C=O) groups excluding carboxylic acids is 1. The van der Waals surface area contributed by atoms with Crippen LogP contribution in [0.2, 0.25) is 0 Å². The molecule has 7 nitrogen and oxygen atoms in total. The lowest BCUT2D eigenvalue weighted by molar-refractivity contribution is -0.141. The molecule has 0 aliphatic carbocycles. The van der Waals surface area contributed by atoms with Crippen LogP contribution in [0.25, 0.3) is 0 Å². The molecule has 2 aromatic heterocycles. The highest BCUT2D eigenvalue weighted by Crippen LogP contribution is 2.29. The van der Waals surface area contributed by atoms with E-state index in [-0.39, 0.29) is 17.3 Å². The molecule has 0 bridgehead atoms. The third-order valence-corrected chi connectivity index (χ3v) is 3.03. The highest BCUT2D eigenvalue weighted by Gasteiger charge is 2.32. The number of rotatable bonds is 6. The van der Waals surface area contributed by atoms with Crippen molar-refractivity contribution in [3.63, 3.8) is 0 Å². The van der Waals surface area contributed by atoms with Gasteiger partial charge in [0.15, 0.2) is 5.82 Å². The number of anilines is 3. The van der Waals surface area contributed by atoms with Crippen molar-refractivity contribution in [2.45, 2.75) is 25.6 Å². The minimum Gasteiger partial charge on any atom is -0.368 e. The largest absolute Gasteiger partial charge is 0.433 e. The molecule has 0 aromatic carbocycles. The van der Waals surface area contributed by atoms with Crippen LogP contribution < -0.4 is 16.4 Å². The third-order valence-electron chi connectivity index (χ3n) is 3.03. The minimum absolute atomic E-state index is 0.158. The molecular formula is C14H15F3N6O. The minimum atomic E-state index is -4.54. The van der Waals surface area contributed by atoms with Crippen molar-refractivity contribution < 1.29 is 18.0 Å². The van der Waals surface area contributed by atoms with Gasteiger partial charge >= 0.3 is 6.18 Å². The van der Waals surface area contributed by atoms with Gasteiger partial charge in [-0.25, -0.2) is 4.98 Å². The number of alkyl halides is 3. The molecule has 0 spiro atoms. The molecule has 2 aromatic rings. The van der Waals surface area contributed by atoms with Crippen LogP contribution >= 0.6 is 0 Å². The van der Waals surface area contributed by atoms with E-state index in [0.717, 1.165) is 12.3 Å². The van der Waals surface area contributed by atoms with Gasteiger partial charge in [0.1, 0.15) is 17.6 Å². The zero-order valence-corrected chi connectivity index (χ0v) is 12.6. The molecule has 0 saturated carbocycles. The standard InChI is InChI=1S/C14H15F3N6O/c1-2-9(13(18)24)22-12-7-19-6-11(23-12)21-8-3-4-20-10(5-8)14(15,16)17/h3-7,9H,2H2,1H3,(H2,18,24)(H2,20,21,22,23)/t9-/m1/s1. The Kier molecular flexibility index (Phi) is 5.17. The monoisotopic (exact) mass is 340 g/mol. The van der Waals surface area contributed by atoms with Gasteiger partial charge in [-0.3, -0.25) is 14.8 Å². The number of hydrogen-bond donors (Lipinski definition) is 3. The first-order valence-corrected chi connectivity index (χ1v) is 6.97. The van der Waals surface area contributed by atoms with E-state index in [4.69, 9.17) is 5.73 Å². The molecule has 4 N–H and O–H groups in total. The van der Waals surface area contributed by atoms with Gasteiger partial charge in [-0.05, 0) is 18.6 Å². The number of amides is 1. The summed E-state index contributed by atoms with van der Waals surface area (Å²) in [4.78, 5) is 22.6. The van der Waals surface area contributed by atoms with Crippen molar-refractivity contribution in [2.75, 3.05) is 10.6 Å². The number of pyridine rings is 1. The average Bonchev–Trinajstić information content (AvgIpc) is 2.52. The second-order valence-corrected chi connectivity index (χ2v) is 4.85. The molecule has 0 unspecified atom stereocenters. The Labute approximate surface area is 135 Å². The summed E-state index contributed by atoms with van der Waals surface area (Å²) in [6.45, 7) is 1.77. The molecule has 2 rings (SSSR count). The molecule has 0 radical (unpaired) electrons. The first-order valence-electron chi connectivity index (χ1n) is 6.97. The van der Waals surface area contributed by atoms with E-state index < -0.39 is 23.8 Å². The van der Waals surface area contributed by atoms with Crippen molar-refractivity contribution in [1.29, 1.82) is 0 Å². The number of halogens is 3. The lowest BCUT2D eigenvalue weighted by Crippen LogP contribution is -2.35. The van der Waals surface area contributed by atoms with Crippen LogP contribution in [0.3, 0.4) is 0 Å². The average molecular weight is 340 g/mol. The molecular weight excluding hydrogens is 325 g/mol. The zero-order valence-electron chi connectivity index (χ0n) is 12.6. The van der Waals surface area contributed by atoms with E-state index >= 15 is 0 Å². The van der Waals surface area contributed by atoms with Gasteiger partial charge < -0.3 is 16.4 Å². The number of nitrogens with one attached hydrogen (secondary N) is 2. The highest BCUT2D eigenvalue weighted by molar-refractivity contribution is 5.82. The van der Waals surface area contributed by atoms with Gasteiger partial charge in [0.25, 0.3) is 0 Å². The van der Waals surface area contributed by atoms with E-state index in [1.165, 1.54) is 18.5 Å². The van der Waals surface area contributed by atoms with Crippen molar-refractivity contribution >= 4 is 23.2 Å². The molecule has 0 fully saturated rings. The third kappa shape index (κ3) is 4.54. The summed E-state index contributed by atoms with van der Waals surface area (Å²) in [5.41, 5.74) is 4.37. The first kappa shape index (κ1) is 17.4. The van der Waals surface area contributed by atoms with Gasteiger partial charge in [0.2, 0.25) is 5.91 Å². The van der Waals surface area contributed by atoms with Crippen molar-refractivity contribution in [3.05, 3.63) is 36.4 Å². The summed E-state index contributed by atoms with van der Waals surface area (Å²) in [6.07, 6.45) is -0.327. The number of primary amides is 1. The number of nitrogens with two attached hydrogens (primary N) is 1. The Bertz CT molecular complexity index is 722. The topological polar surface area (TPSA) is 106 Å². The van der Waals surface area contributed by atoms with E-state index in [2.05, 4.69) is 25.6 Å². The second kappa shape index (κ2) is 7.11. The van der Waals surface area contributed by atoms with Gasteiger partial charge in [-0.15, -0.1) is 0 Å². The summed E-state index contributed by atoms with van der Waals surface area (Å²) >= 11 is 0. The zero-order chi connectivity index (χ0) is 17.7. The Balaban J connectivity index is 2.16. The first-order chi connectivity index (χ1) is 11.3. The second-order valence-electron chi connectivity index (χ2n) is 4.85. The van der Waals surface area contributed by atoms with Crippen molar-refractivity contribution in [1.82, 2.24) is 15.0 Å². The van der Waals surface area contributed by atoms with Crippen LogP contribution in [0, 0.1) is 0 Å². The predicted molar refractivity (Wildman–Crippen MR) is 81.4 cm³/mol. The predicted octanol–water partition coefficient (Wildman–Crippen LogP) is 2.31. The molecule has 24 heavy (non-hydrogen) atoms. The summed E-state index contributed by atoms with van der Waals surface area (Å²) in [5, 5.41) is 5.52. The maximum absolute atomic E-state index is 12.7. The SMILES string of the molecule is CC[C@@H](Nc1cncc(Nc2ccnc(C(F)(F)F)c2)n1)C(N)=O. The van der Waals surface area contributed by atoms with E-state index in [0.29, 0.717) is 6.42 Å². The van der Waals surface area contributed by atoms with Gasteiger partial charge in [0.05, 0.1) is 12.4 Å². The molecule has 2 heterocycles. The normalized spacial score (nSPS) is 12.5. The van der Waals surface area contributed by atoms with Crippen LogP contribution in [0.15, 0.2) is 30.7 Å². The van der Waals surface area contributed by atoms with Crippen LogP contribution in [-0.4, -0.2) is 26.9 Å². The number of carbonyl (C=O) groups is 1. The number of hydrogen-bond acceptors (Lipinski definition) is 6. The Morgan fingerprint density at radius 2 is 2.04 bits per heavy atom. The summed E-state index contributed by atoms with van der Waals surface area (Å²) < 4.78 is 38.0. The highest BCUT2D eigenvalue weighted by atomic mass is 19.4. The smallest absolute Gasteiger partial charge is 0.368 e. The summed E-state index contributed by atoms with van der Waals surface area (Å²) in [5.74, 6) is -0.0592. The van der Waals surface area contributed by atoms with Gasteiger partial charge in [-0.1, -0.05) is 6.92 Å². The van der Waals surface area contributed by atoms with E-state index in [1.54, 1.807) is 6.92 Å². The quantitative estimate of drug-likeness (QED) is 0.745. The lowest BCUT2D eigenvalue weighted by atomic mass is 10.2. The Hall–Kier alpha value is -2.91. The fourth-order valence-electron chi connectivity index (χ4n) is 1.86. The van der Waals surface area contributed by atoms with Crippen LogP contribution in [0.1, 0.15) is 19.0 Å². The van der Waals surface area contributed by atoms with Gasteiger partial charge in [0, 0.05) is 11.9 Å². The van der Waals surface area contributed by atoms with Crippen molar-refractivity contribution in [2.24, 2.45) is 5.73 Å². The molecule has 0 aliphatic rings. The van der Waals surface area contributed by atoms with Gasteiger partial charge in [-0.2, -0.15) is 13.2 Å². The van der Waals surface area contributed by atoms with Crippen LogP contribution in [0.5, 0.6) is 0 Å². The molecule has 0 aliphatic heterocycles. The summed E-state index contributed by atoms with van der Waals surface area (Å²) in [6, 6.07) is 1.61. The molecule has 1 atom stereocenters.